The largest absolute Gasteiger partial charge is 0.495 e. The van der Waals surface area contributed by atoms with E-state index in [2.05, 4.69) is 24.2 Å². The molecule has 2 heterocycles. The Labute approximate surface area is 168 Å². The van der Waals surface area contributed by atoms with Gasteiger partial charge in [0.05, 0.1) is 12.1 Å². The summed E-state index contributed by atoms with van der Waals surface area (Å²) >= 11 is 6.24. The molecule has 4 rings (SSSR count). The van der Waals surface area contributed by atoms with Crippen LogP contribution in [0.15, 0.2) is 59.3 Å². The van der Waals surface area contributed by atoms with E-state index in [1.54, 1.807) is 19.2 Å². The Hall–Kier alpha value is -2.79. The number of amides is 1. The zero-order valence-electron chi connectivity index (χ0n) is 15.8. The summed E-state index contributed by atoms with van der Waals surface area (Å²) in [5, 5.41) is 4.51. The van der Waals surface area contributed by atoms with Crippen molar-refractivity contribution in [1.82, 2.24) is 10.1 Å². The van der Waals surface area contributed by atoms with Crippen LogP contribution in [-0.4, -0.2) is 35.7 Å². The number of benzene rings is 2. The minimum Gasteiger partial charge on any atom is -0.495 e. The van der Waals surface area contributed by atoms with Gasteiger partial charge < -0.3 is 14.2 Å². The second kappa shape index (κ2) is 7.68. The number of carbonyl (C=O) groups excluding carboxylic acids is 1. The molecule has 0 spiro atoms. The summed E-state index contributed by atoms with van der Waals surface area (Å²) in [5.74, 6) is 0.827. The molecule has 28 heavy (non-hydrogen) atoms. The average molecular weight is 397 g/mol. The Morgan fingerprint density at radius 2 is 2.04 bits per heavy atom. The summed E-state index contributed by atoms with van der Waals surface area (Å²) in [6, 6.07) is 15.8. The second-order valence-electron chi connectivity index (χ2n) is 7.08. The molecule has 1 amide bonds. The molecule has 5 nitrogen and oxygen atoms in total. The van der Waals surface area contributed by atoms with Crippen LogP contribution in [0.1, 0.15) is 35.2 Å². The van der Waals surface area contributed by atoms with E-state index in [1.165, 1.54) is 11.8 Å². The highest BCUT2D eigenvalue weighted by Gasteiger charge is 2.35. The molecule has 3 aromatic rings. The lowest BCUT2D eigenvalue weighted by atomic mass is 9.97. The van der Waals surface area contributed by atoms with Gasteiger partial charge in [0.25, 0.3) is 5.91 Å². The number of halogens is 1. The third-order valence-electron chi connectivity index (χ3n) is 5.33. The van der Waals surface area contributed by atoms with Crippen LogP contribution in [0.5, 0.6) is 5.75 Å². The fraction of sp³-hybridized carbons (Fsp3) is 0.273. The predicted octanol–water partition coefficient (Wildman–Crippen LogP) is 5.02. The molecule has 0 aliphatic carbocycles. The van der Waals surface area contributed by atoms with Crippen LogP contribution < -0.4 is 4.74 Å². The van der Waals surface area contributed by atoms with E-state index in [0.29, 0.717) is 40.1 Å². The molecule has 1 saturated heterocycles. The summed E-state index contributed by atoms with van der Waals surface area (Å²) in [6.45, 7) is 2.76. The normalized spacial score (nSPS) is 19.0. The molecule has 0 saturated carbocycles. The zero-order chi connectivity index (χ0) is 19.7. The molecule has 0 radical (unpaired) electrons. The van der Waals surface area contributed by atoms with Crippen molar-refractivity contribution in [2.24, 2.45) is 0 Å². The summed E-state index contributed by atoms with van der Waals surface area (Å²) in [6.07, 6.45) is 2.35. The molecule has 6 heteroatoms. The molecule has 2 atom stereocenters. The van der Waals surface area contributed by atoms with Crippen molar-refractivity contribution in [2.45, 2.75) is 25.3 Å². The van der Waals surface area contributed by atoms with E-state index in [-0.39, 0.29) is 11.9 Å². The first kappa shape index (κ1) is 18.6. The standard InChI is InChI=1S/C22H21ClN2O3/c1-14-10-17(15-6-4-3-5-7-15)12-25(14)22(26)18-13-28-24-21(18)16-8-9-20(27-2)19(23)11-16/h3-9,11,13-14,17H,10,12H2,1-2H3. The summed E-state index contributed by atoms with van der Waals surface area (Å²) in [5.41, 5.74) is 2.91. The highest BCUT2D eigenvalue weighted by atomic mass is 35.5. The highest BCUT2D eigenvalue weighted by Crippen LogP contribution is 2.35. The Kier molecular flexibility index (Phi) is 5.09. The molecule has 2 unspecified atom stereocenters. The Balaban J connectivity index is 1.60. The Morgan fingerprint density at radius 3 is 2.75 bits per heavy atom. The van der Waals surface area contributed by atoms with Crippen molar-refractivity contribution in [3.63, 3.8) is 0 Å². The van der Waals surface area contributed by atoms with Crippen molar-refractivity contribution >= 4 is 17.5 Å². The van der Waals surface area contributed by atoms with Gasteiger partial charge in [-0.15, -0.1) is 0 Å². The van der Waals surface area contributed by atoms with Gasteiger partial charge in [0.1, 0.15) is 23.3 Å². The quantitative estimate of drug-likeness (QED) is 0.621. The third-order valence-corrected chi connectivity index (χ3v) is 5.63. The molecular formula is C22H21ClN2O3. The van der Waals surface area contributed by atoms with E-state index < -0.39 is 0 Å². The van der Waals surface area contributed by atoms with Crippen LogP contribution in [0.2, 0.25) is 5.02 Å². The number of nitrogens with zero attached hydrogens (tertiary/aromatic N) is 2. The molecule has 0 N–H and O–H groups in total. The van der Waals surface area contributed by atoms with Crippen LogP contribution in [0, 0.1) is 0 Å². The van der Waals surface area contributed by atoms with Gasteiger partial charge in [0.15, 0.2) is 0 Å². The maximum absolute atomic E-state index is 13.3. The molecule has 1 aromatic heterocycles. The third kappa shape index (κ3) is 3.38. The SMILES string of the molecule is COc1ccc(-c2nocc2C(=O)N2CC(c3ccccc3)CC2C)cc1Cl. The van der Waals surface area contributed by atoms with Gasteiger partial charge >= 0.3 is 0 Å². The van der Waals surface area contributed by atoms with Crippen molar-refractivity contribution < 1.29 is 14.1 Å². The lowest BCUT2D eigenvalue weighted by Gasteiger charge is -2.21. The second-order valence-corrected chi connectivity index (χ2v) is 7.48. The average Bonchev–Trinajstić information content (AvgIpc) is 3.35. The zero-order valence-corrected chi connectivity index (χ0v) is 16.5. The molecule has 1 aliphatic rings. The van der Waals surface area contributed by atoms with E-state index in [4.69, 9.17) is 20.9 Å². The molecule has 2 aromatic carbocycles. The van der Waals surface area contributed by atoms with Crippen LogP contribution in [0.4, 0.5) is 0 Å². The van der Waals surface area contributed by atoms with Gasteiger partial charge in [-0.3, -0.25) is 4.79 Å². The van der Waals surface area contributed by atoms with Gasteiger partial charge in [0, 0.05) is 24.1 Å². The fourth-order valence-electron chi connectivity index (χ4n) is 3.85. The number of carbonyl (C=O) groups is 1. The number of rotatable bonds is 4. The maximum atomic E-state index is 13.3. The van der Waals surface area contributed by atoms with E-state index >= 15 is 0 Å². The molecule has 1 aliphatic heterocycles. The van der Waals surface area contributed by atoms with Gasteiger partial charge in [-0.05, 0) is 37.1 Å². The number of ether oxygens (including phenoxy) is 1. The lowest BCUT2D eigenvalue weighted by molar-refractivity contribution is 0.0746. The van der Waals surface area contributed by atoms with Crippen molar-refractivity contribution in [1.29, 1.82) is 0 Å². The topological polar surface area (TPSA) is 55.6 Å². The number of likely N-dealkylation sites (tertiary alicyclic amines) is 1. The number of hydrogen-bond donors (Lipinski definition) is 0. The van der Waals surface area contributed by atoms with Crippen LogP contribution >= 0.6 is 11.6 Å². The van der Waals surface area contributed by atoms with Gasteiger partial charge in [-0.1, -0.05) is 47.1 Å². The highest BCUT2D eigenvalue weighted by molar-refractivity contribution is 6.32. The van der Waals surface area contributed by atoms with E-state index in [0.717, 1.165) is 6.42 Å². The first-order valence-corrected chi connectivity index (χ1v) is 9.60. The molecule has 0 bridgehead atoms. The predicted molar refractivity (Wildman–Crippen MR) is 108 cm³/mol. The maximum Gasteiger partial charge on any atom is 0.259 e. The monoisotopic (exact) mass is 396 g/mol. The van der Waals surface area contributed by atoms with Gasteiger partial charge in [-0.25, -0.2) is 0 Å². The number of methoxy groups -OCH3 is 1. The van der Waals surface area contributed by atoms with Crippen molar-refractivity contribution in [2.75, 3.05) is 13.7 Å². The fourth-order valence-corrected chi connectivity index (χ4v) is 4.10. The first-order valence-electron chi connectivity index (χ1n) is 9.22. The van der Waals surface area contributed by atoms with Crippen LogP contribution in [0.25, 0.3) is 11.3 Å². The van der Waals surface area contributed by atoms with E-state index in [9.17, 15) is 4.79 Å². The smallest absolute Gasteiger partial charge is 0.259 e. The van der Waals surface area contributed by atoms with E-state index in [1.807, 2.05) is 29.2 Å². The summed E-state index contributed by atoms with van der Waals surface area (Å²) in [7, 11) is 1.56. The lowest BCUT2D eigenvalue weighted by Crippen LogP contribution is -2.34. The Morgan fingerprint density at radius 1 is 1.25 bits per heavy atom. The van der Waals surface area contributed by atoms with Crippen LogP contribution in [-0.2, 0) is 0 Å². The van der Waals surface area contributed by atoms with Crippen LogP contribution in [0.3, 0.4) is 0 Å². The van der Waals surface area contributed by atoms with Crippen molar-refractivity contribution in [3.05, 3.63) is 70.9 Å². The number of aromatic nitrogens is 1. The van der Waals surface area contributed by atoms with Gasteiger partial charge in [-0.2, -0.15) is 0 Å². The summed E-state index contributed by atoms with van der Waals surface area (Å²) in [4.78, 5) is 15.2. The molecule has 144 valence electrons. The number of hydrogen-bond acceptors (Lipinski definition) is 4. The minimum atomic E-state index is -0.0749. The minimum absolute atomic E-state index is 0.0749. The Bertz CT molecular complexity index is 986. The summed E-state index contributed by atoms with van der Waals surface area (Å²) < 4.78 is 10.3. The molecular weight excluding hydrogens is 376 g/mol. The van der Waals surface area contributed by atoms with Gasteiger partial charge in [0.2, 0.25) is 0 Å². The van der Waals surface area contributed by atoms with Crippen molar-refractivity contribution in [3.8, 4) is 17.0 Å². The first-order chi connectivity index (χ1) is 13.6. The molecule has 1 fully saturated rings.